The van der Waals surface area contributed by atoms with Crippen molar-refractivity contribution in [2.24, 2.45) is 0 Å². The molecule has 0 bridgehead atoms. The fourth-order valence-corrected chi connectivity index (χ4v) is 4.57. The molecule has 1 amide bonds. The highest BCUT2D eigenvalue weighted by molar-refractivity contribution is 7.89. The first kappa shape index (κ1) is 17.8. The molecule has 27 heavy (non-hydrogen) atoms. The molecule has 4 rings (SSSR count). The number of aromatic nitrogens is 1. The van der Waals surface area contributed by atoms with E-state index in [2.05, 4.69) is 21.1 Å². The summed E-state index contributed by atoms with van der Waals surface area (Å²) in [5.41, 5.74) is 2.65. The minimum atomic E-state index is -3.62. The lowest BCUT2D eigenvalue weighted by Gasteiger charge is -2.16. The highest BCUT2D eigenvalue weighted by Crippen LogP contribution is 2.50. The summed E-state index contributed by atoms with van der Waals surface area (Å²) >= 11 is 0. The summed E-state index contributed by atoms with van der Waals surface area (Å²) in [7, 11) is -3.62. The Hall–Kier alpha value is -2.64. The lowest BCUT2D eigenvalue weighted by molar-refractivity contribution is -0.114. The molecule has 0 aliphatic heterocycles. The molecule has 1 heterocycles. The van der Waals surface area contributed by atoms with E-state index < -0.39 is 10.0 Å². The van der Waals surface area contributed by atoms with Gasteiger partial charge in [-0.25, -0.2) is 13.1 Å². The van der Waals surface area contributed by atoms with E-state index in [1.54, 1.807) is 12.1 Å². The van der Waals surface area contributed by atoms with Crippen LogP contribution in [-0.2, 0) is 20.2 Å². The molecule has 0 spiro atoms. The molecular weight excluding hydrogens is 362 g/mol. The van der Waals surface area contributed by atoms with Crippen molar-refractivity contribution in [1.82, 2.24) is 9.71 Å². The molecule has 3 N–H and O–H groups in total. The third-order valence-electron chi connectivity index (χ3n) is 5.10. The topological polar surface area (TPSA) is 91.1 Å². The zero-order valence-corrected chi connectivity index (χ0v) is 15.8. The quantitative estimate of drug-likeness (QED) is 0.611. The van der Waals surface area contributed by atoms with E-state index in [1.807, 2.05) is 24.4 Å². The number of nitrogens with one attached hydrogen (secondary N) is 3. The number of anilines is 1. The van der Waals surface area contributed by atoms with Crippen LogP contribution in [-0.4, -0.2) is 25.9 Å². The van der Waals surface area contributed by atoms with E-state index in [9.17, 15) is 13.2 Å². The average Bonchev–Trinajstić information content (AvgIpc) is 3.31. The van der Waals surface area contributed by atoms with Gasteiger partial charge in [-0.1, -0.05) is 18.2 Å². The van der Waals surface area contributed by atoms with Gasteiger partial charge in [-0.05, 0) is 48.7 Å². The molecule has 2 aromatic carbocycles. The molecule has 7 heteroatoms. The van der Waals surface area contributed by atoms with Crippen molar-refractivity contribution >= 4 is 32.5 Å². The minimum Gasteiger partial charge on any atom is -0.361 e. The summed E-state index contributed by atoms with van der Waals surface area (Å²) in [4.78, 5) is 14.5. The van der Waals surface area contributed by atoms with Crippen molar-refractivity contribution < 1.29 is 13.2 Å². The molecule has 1 aliphatic rings. The number of hydrogen-bond acceptors (Lipinski definition) is 3. The lowest BCUT2D eigenvalue weighted by Crippen LogP contribution is -2.32. The van der Waals surface area contributed by atoms with Gasteiger partial charge in [-0.3, -0.25) is 4.79 Å². The summed E-state index contributed by atoms with van der Waals surface area (Å²) in [6.07, 6.45) is 3.91. The van der Waals surface area contributed by atoms with Crippen LogP contribution in [0.3, 0.4) is 0 Å². The maximum Gasteiger partial charge on any atom is 0.240 e. The SMILES string of the molecule is CC(=O)Nc1ccc(S(=O)(=O)NCC2(c3c[nH]c4ccccc34)CC2)cc1. The molecule has 1 aliphatic carbocycles. The average molecular weight is 383 g/mol. The third kappa shape index (κ3) is 3.48. The van der Waals surface area contributed by atoms with Crippen LogP contribution in [0, 0.1) is 0 Å². The van der Waals surface area contributed by atoms with Crippen molar-refractivity contribution in [3.63, 3.8) is 0 Å². The van der Waals surface area contributed by atoms with Crippen molar-refractivity contribution in [2.75, 3.05) is 11.9 Å². The Bertz CT molecular complexity index is 1100. The van der Waals surface area contributed by atoms with Crippen molar-refractivity contribution in [1.29, 1.82) is 0 Å². The molecule has 3 aromatic rings. The largest absolute Gasteiger partial charge is 0.361 e. The fourth-order valence-electron chi connectivity index (χ4n) is 3.44. The van der Waals surface area contributed by atoms with Crippen molar-refractivity contribution in [3.8, 4) is 0 Å². The Balaban J connectivity index is 1.51. The highest BCUT2D eigenvalue weighted by Gasteiger charge is 2.46. The predicted molar refractivity (Wildman–Crippen MR) is 105 cm³/mol. The number of aromatic amines is 1. The van der Waals surface area contributed by atoms with Gasteiger partial charge < -0.3 is 10.3 Å². The Morgan fingerprint density at radius 3 is 2.48 bits per heavy atom. The molecule has 140 valence electrons. The van der Waals surface area contributed by atoms with Crippen molar-refractivity contribution in [3.05, 3.63) is 60.3 Å². The van der Waals surface area contributed by atoms with Gasteiger partial charge in [0.05, 0.1) is 4.90 Å². The first-order valence-electron chi connectivity index (χ1n) is 8.84. The number of carbonyl (C=O) groups excluding carboxylic acids is 1. The zero-order valence-electron chi connectivity index (χ0n) is 15.0. The van der Waals surface area contributed by atoms with Crippen LogP contribution in [0.2, 0.25) is 0 Å². The molecule has 0 atom stereocenters. The number of carbonyl (C=O) groups is 1. The summed E-state index contributed by atoms with van der Waals surface area (Å²) in [6, 6.07) is 14.2. The first-order chi connectivity index (χ1) is 12.9. The zero-order chi connectivity index (χ0) is 19.1. The number of amides is 1. The first-order valence-corrected chi connectivity index (χ1v) is 10.3. The number of hydrogen-bond donors (Lipinski definition) is 3. The second kappa shape index (κ2) is 6.51. The predicted octanol–water partition coefficient (Wildman–Crippen LogP) is 3.14. The summed E-state index contributed by atoms with van der Waals surface area (Å²) in [5.74, 6) is -0.196. The van der Waals surface area contributed by atoms with Gasteiger partial charge in [0.2, 0.25) is 15.9 Å². The Kier molecular flexibility index (Phi) is 4.28. The minimum absolute atomic E-state index is 0.150. The summed E-state index contributed by atoms with van der Waals surface area (Å²) in [5, 5.41) is 3.77. The van der Waals surface area contributed by atoms with Crippen LogP contribution < -0.4 is 10.0 Å². The second-order valence-electron chi connectivity index (χ2n) is 7.06. The highest BCUT2D eigenvalue weighted by atomic mass is 32.2. The monoisotopic (exact) mass is 383 g/mol. The van der Waals surface area contributed by atoms with Crippen LogP contribution >= 0.6 is 0 Å². The Morgan fingerprint density at radius 2 is 1.81 bits per heavy atom. The molecule has 0 saturated heterocycles. The van der Waals surface area contributed by atoms with Gasteiger partial charge in [0, 0.05) is 41.7 Å². The summed E-state index contributed by atoms with van der Waals surface area (Å²) < 4.78 is 28.1. The molecule has 0 radical (unpaired) electrons. The number of rotatable bonds is 6. The van der Waals surface area contributed by atoms with Crippen LogP contribution in [0.1, 0.15) is 25.3 Å². The number of benzene rings is 2. The van der Waals surface area contributed by atoms with Crippen LogP contribution in [0.4, 0.5) is 5.69 Å². The molecule has 6 nitrogen and oxygen atoms in total. The number of sulfonamides is 1. The van der Waals surface area contributed by atoms with E-state index >= 15 is 0 Å². The number of fused-ring (bicyclic) bond motifs is 1. The number of H-pyrrole nitrogens is 1. The van der Waals surface area contributed by atoms with Gasteiger partial charge in [0.25, 0.3) is 0 Å². The molecular formula is C20H21N3O3S. The Morgan fingerprint density at radius 1 is 1.11 bits per heavy atom. The van der Waals surface area contributed by atoms with Crippen LogP contribution in [0.15, 0.2) is 59.6 Å². The van der Waals surface area contributed by atoms with Gasteiger partial charge in [-0.2, -0.15) is 0 Å². The number of para-hydroxylation sites is 1. The maximum atomic E-state index is 12.7. The third-order valence-corrected chi connectivity index (χ3v) is 6.52. The molecule has 0 unspecified atom stereocenters. The van der Waals surface area contributed by atoms with Crippen LogP contribution in [0.25, 0.3) is 10.9 Å². The van der Waals surface area contributed by atoms with E-state index in [0.29, 0.717) is 12.2 Å². The van der Waals surface area contributed by atoms with E-state index in [4.69, 9.17) is 0 Å². The Labute approximate surface area is 158 Å². The standard InChI is InChI=1S/C20H21N3O3S/c1-14(24)23-15-6-8-16(9-7-15)27(25,26)22-13-20(10-11-20)18-12-21-19-5-3-2-4-17(18)19/h2-9,12,21-22H,10-11,13H2,1H3,(H,23,24). The van der Waals surface area contributed by atoms with E-state index in [-0.39, 0.29) is 16.2 Å². The maximum absolute atomic E-state index is 12.7. The molecule has 1 aromatic heterocycles. The van der Waals surface area contributed by atoms with Gasteiger partial charge in [-0.15, -0.1) is 0 Å². The van der Waals surface area contributed by atoms with Gasteiger partial charge >= 0.3 is 0 Å². The summed E-state index contributed by atoms with van der Waals surface area (Å²) in [6.45, 7) is 1.77. The van der Waals surface area contributed by atoms with Crippen LogP contribution in [0.5, 0.6) is 0 Å². The van der Waals surface area contributed by atoms with Gasteiger partial charge in [0.1, 0.15) is 0 Å². The molecule has 1 saturated carbocycles. The lowest BCUT2D eigenvalue weighted by atomic mass is 9.96. The van der Waals surface area contributed by atoms with Gasteiger partial charge in [0.15, 0.2) is 0 Å². The van der Waals surface area contributed by atoms with E-state index in [1.165, 1.54) is 24.6 Å². The normalized spacial score (nSPS) is 15.6. The van der Waals surface area contributed by atoms with Crippen molar-refractivity contribution in [2.45, 2.75) is 30.1 Å². The molecule has 1 fully saturated rings. The smallest absolute Gasteiger partial charge is 0.240 e. The van der Waals surface area contributed by atoms with E-state index in [0.717, 1.165) is 23.7 Å². The second-order valence-corrected chi connectivity index (χ2v) is 8.83. The fraction of sp³-hybridized carbons (Fsp3) is 0.250.